The van der Waals surface area contributed by atoms with Gasteiger partial charge in [0.1, 0.15) is 0 Å². The normalized spacial score (nSPS) is 11.3. The van der Waals surface area contributed by atoms with Gasteiger partial charge >= 0.3 is 0 Å². The molecule has 0 radical (unpaired) electrons. The van der Waals surface area contributed by atoms with Gasteiger partial charge in [0.2, 0.25) is 0 Å². The lowest BCUT2D eigenvalue weighted by molar-refractivity contribution is 1.48. The molecular formula is C3H7N3. The molecule has 0 aliphatic carbocycles. The van der Waals surface area contributed by atoms with Crippen LogP contribution in [-0.4, -0.2) is 6.34 Å². The Bertz CT molecular complexity index is 54.4. The Kier molecular flexibility index (Phi) is 3.35. The van der Waals surface area contributed by atoms with Gasteiger partial charge in [-0.25, -0.2) is 4.99 Å². The molecule has 4 N–H and O–H groups in total. The van der Waals surface area contributed by atoms with Gasteiger partial charge in [-0.05, 0) is 0 Å². The summed E-state index contributed by atoms with van der Waals surface area (Å²) in [6, 6.07) is 0. The van der Waals surface area contributed by atoms with E-state index in [2.05, 4.69) is 4.99 Å². The van der Waals surface area contributed by atoms with E-state index in [0.717, 1.165) is 0 Å². The molecular weight excluding hydrogens is 78.1 g/mol. The third kappa shape index (κ3) is 3.01. The second kappa shape index (κ2) is 4.01. The maximum atomic E-state index is 4.86. The molecule has 0 bridgehead atoms. The van der Waals surface area contributed by atoms with Crippen LogP contribution < -0.4 is 11.5 Å². The van der Waals surface area contributed by atoms with Crippen LogP contribution in [-0.2, 0) is 0 Å². The van der Waals surface area contributed by atoms with Gasteiger partial charge in [-0.3, -0.25) is 0 Å². The van der Waals surface area contributed by atoms with Crippen LogP contribution in [0.4, 0.5) is 0 Å². The maximum Gasteiger partial charge on any atom is 0.0853 e. The van der Waals surface area contributed by atoms with E-state index in [1.54, 1.807) is 0 Å². The number of nitrogens with two attached hydrogens (primary N) is 2. The summed E-state index contributed by atoms with van der Waals surface area (Å²) in [6.07, 6.45) is 3.88. The van der Waals surface area contributed by atoms with Gasteiger partial charge in [-0.1, -0.05) is 0 Å². The first kappa shape index (κ1) is 5.01. The first-order valence-corrected chi connectivity index (χ1v) is 1.52. The number of rotatable bonds is 1. The Morgan fingerprint density at radius 2 is 2.00 bits per heavy atom. The monoisotopic (exact) mass is 85.1 g/mol. The SMILES string of the molecule is NC=N/C=C\N. The molecule has 0 aliphatic heterocycles. The smallest absolute Gasteiger partial charge is 0.0853 e. The zero-order chi connectivity index (χ0) is 4.83. The molecule has 0 atom stereocenters. The Morgan fingerprint density at radius 3 is 2.17 bits per heavy atom. The number of aliphatic imine (C=N–C) groups is 1. The molecule has 0 amide bonds. The Hall–Kier alpha value is -0.990. The fourth-order valence-electron chi connectivity index (χ4n) is 0.0994. The van der Waals surface area contributed by atoms with Crippen molar-refractivity contribution in [2.24, 2.45) is 16.5 Å². The predicted molar refractivity (Wildman–Crippen MR) is 26.0 cm³/mol. The van der Waals surface area contributed by atoms with Crippen LogP contribution in [0.1, 0.15) is 0 Å². The van der Waals surface area contributed by atoms with Crippen molar-refractivity contribution in [1.29, 1.82) is 0 Å². The molecule has 0 saturated carbocycles. The largest absolute Gasteiger partial charge is 0.403 e. The van der Waals surface area contributed by atoms with E-state index in [1.807, 2.05) is 0 Å². The molecule has 0 spiro atoms. The molecule has 0 aromatic heterocycles. The molecule has 0 aromatic rings. The number of nitrogens with zero attached hydrogens (tertiary/aromatic N) is 1. The molecule has 0 aromatic carbocycles. The van der Waals surface area contributed by atoms with Crippen molar-refractivity contribution in [3.8, 4) is 0 Å². The molecule has 3 nitrogen and oxygen atoms in total. The van der Waals surface area contributed by atoms with E-state index >= 15 is 0 Å². The first-order valence-electron chi connectivity index (χ1n) is 1.52. The minimum absolute atomic E-state index is 1.17. The van der Waals surface area contributed by atoms with Crippen LogP contribution in [0.3, 0.4) is 0 Å². The Morgan fingerprint density at radius 1 is 1.33 bits per heavy atom. The molecule has 0 aliphatic rings. The first-order chi connectivity index (χ1) is 2.91. The topological polar surface area (TPSA) is 64.4 Å². The lowest BCUT2D eigenvalue weighted by Crippen LogP contribution is -1.85. The van der Waals surface area contributed by atoms with Crippen LogP contribution in [0.2, 0.25) is 0 Å². The van der Waals surface area contributed by atoms with E-state index in [9.17, 15) is 0 Å². The third-order valence-corrected chi connectivity index (χ3v) is 0.258. The molecule has 0 unspecified atom stereocenters. The van der Waals surface area contributed by atoms with Gasteiger partial charge in [0.25, 0.3) is 0 Å². The lowest BCUT2D eigenvalue weighted by atomic mass is 10.9. The zero-order valence-electron chi connectivity index (χ0n) is 3.33. The summed E-state index contributed by atoms with van der Waals surface area (Å²) in [6.45, 7) is 0. The van der Waals surface area contributed by atoms with Crippen LogP contribution in [0.5, 0.6) is 0 Å². The molecule has 0 fully saturated rings. The molecule has 0 rings (SSSR count). The zero-order valence-corrected chi connectivity index (χ0v) is 3.33. The van der Waals surface area contributed by atoms with Crippen molar-refractivity contribution >= 4 is 6.34 Å². The standard InChI is InChI=1S/C3H7N3/c4-1-2-6-3-5/h1-3H,4H2,(H2,5,6)/b2-1-. The third-order valence-electron chi connectivity index (χ3n) is 0.258. The quantitative estimate of drug-likeness (QED) is 0.330. The van der Waals surface area contributed by atoms with Crippen LogP contribution in [0, 0.1) is 0 Å². The van der Waals surface area contributed by atoms with E-state index in [-0.39, 0.29) is 0 Å². The minimum atomic E-state index is 1.17. The highest BCUT2D eigenvalue weighted by Gasteiger charge is 1.47. The van der Waals surface area contributed by atoms with Gasteiger partial charge in [0.05, 0.1) is 6.34 Å². The average Bonchev–Trinajstić information content (AvgIpc) is 1.61. The summed E-state index contributed by atoms with van der Waals surface area (Å²) in [5.74, 6) is 0. The lowest BCUT2D eigenvalue weighted by Gasteiger charge is -1.66. The molecule has 3 heteroatoms. The Balaban J connectivity index is 3.07. The number of hydrogen-bond donors (Lipinski definition) is 2. The van der Waals surface area contributed by atoms with E-state index in [1.165, 1.54) is 18.7 Å². The summed E-state index contributed by atoms with van der Waals surface area (Å²) in [5.41, 5.74) is 9.68. The van der Waals surface area contributed by atoms with Gasteiger partial charge < -0.3 is 11.5 Å². The maximum absolute atomic E-state index is 4.86. The second-order valence-electron chi connectivity index (χ2n) is 0.640. The summed E-state index contributed by atoms with van der Waals surface area (Å²) < 4.78 is 0. The van der Waals surface area contributed by atoms with Gasteiger partial charge in [0, 0.05) is 12.4 Å². The summed E-state index contributed by atoms with van der Waals surface area (Å²) >= 11 is 0. The van der Waals surface area contributed by atoms with Gasteiger partial charge in [-0.2, -0.15) is 0 Å². The van der Waals surface area contributed by atoms with E-state index < -0.39 is 0 Å². The van der Waals surface area contributed by atoms with Crippen LogP contribution in [0.25, 0.3) is 0 Å². The predicted octanol–water partition coefficient (Wildman–Crippen LogP) is -0.597. The summed E-state index contributed by atoms with van der Waals surface area (Å²) in [4.78, 5) is 3.44. The number of hydrogen-bond acceptors (Lipinski definition) is 2. The van der Waals surface area contributed by atoms with Gasteiger partial charge in [-0.15, -0.1) is 0 Å². The fourth-order valence-corrected chi connectivity index (χ4v) is 0.0994. The average molecular weight is 85.1 g/mol. The summed E-state index contributed by atoms with van der Waals surface area (Å²) in [5, 5.41) is 0. The highest BCUT2D eigenvalue weighted by Crippen LogP contribution is 1.58. The highest BCUT2D eigenvalue weighted by molar-refractivity contribution is 5.52. The van der Waals surface area contributed by atoms with Crippen molar-refractivity contribution in [1.82, 2.24) is 0 Å². The van der Waals surface area contributed by atoms with E-state index in [4.69, 9.17) is 11.5 Å². The van der Waals surface area contributed by atoms with E-state index in [0.29, 0.717) is 0 Å². The van der Waals surface area contributed by atoms with Gasteiger partial charge in [0.15, 0.2) is 0 Å². The van der Waals surface area contributed by atoms with Crippen molar-refractivity contribution in [3.05, 3.63) is 12.4 Å². The van der Waals surface area contributed by atoms with Crippen molar-refractivity contribution < 1.29 is 0 Å². The molecule has 0 heterocycles. The van der Waals surface area contributed by atoms with Crippen LogP contribution >= 0.6 is 0 Å². The Labute approximate surface area is 36.4 Å². The second-order valence-corrected chi connectivity index (χ2v) is 0.640. The minimum Gasteiger partial charge on any atom is -0.403 e. The summed E-state index contributed by atoms with van der Waals surface area (Å²) in [7, 11) is 0. The fraction of sp³-hybridized carbons (Fsp3) is 0. The van der Waals surface area contributed by atoms with Crippen molar-refractivity contribution in [2.45, 2.75) is 0 Å². The van der Waals surface area contributed by atoms with Crippen LogP contribution in [0.15, 0.2) is 17.4 Å². The highest BCUT2D eigenvalue weighted by atomic mass is 14.8. The van der Waals surface area contributed by atoms with Crippen molar-refractivity contribution in [2.75, 3.05) is 0 Å². The molecule has 34 valence electrons. The molecule has 6 heavy (non-hydrogen) atoms. The molecule has 0 saturated heterocycles. The van der Waals surface area contributed by atoms with Crippen molar-refractivity contribution in [3.63, 3.8) is 0 Å².